The highest BCUT2D eigenvalue weighted by molar-refractivity contribution is 5.74. The van der Waals surface area contributed by atoms with Gasteiger partial charge in [-0.05, 0) is 35.1 Å². The van der Waals surface area contributed by atoms with Crippen molar-refractivity contribution in [2.45, 2.75) is 45.6 Å². The molecule has 5 nitrogen and oxygen atoms in total. The summed E-state index contributed by atoms with van der Waals surface area (Å²) >= 11 is 0. The van der Waals surface area contributed by atoms with E-state index < -0.39 is 0 Å². The summed E-state index contributed by atoms with van der Waals surface area (Å²) in [6.07, 6.45) is 3.18. The van der Waals surface area contributed by atoms with E-state index in [1.165, 1.54) is 0 Å². The zero-order valence-electron chi connectivity index (χ0n) is 14.6. The molecule has 2 heterocycles. The molecule has 0 saturated carbocycles. The van der Waals surface area contributed by atoms with Gasteiger partial charge in [-0.2, -0.15) is 0 Å². The Balaban J connectivity index is 2.10. The first kappa shape index (κ1) is 16.4. The summed E-state index contributed by atoms with van der Waals surface area (Å²) in [6.45, 7) is 8.48. The summed E-state index contributed by atoms with van der Waals surface area (Å²) in [7, 11) is 0. The molecule has 2 atom stereocenters. The lowest BCUT2D eigenvalue weighted by molar-refractivity contribution is -0.108. The molecule has 3 rings (SSSR count). The third kappa shape index (κ3) is 2.98. The quantitative estimate of drug-likeness (QED) is 0.662. The van der Waals surface area contributed by atoms with E-state index in [-0.39, 0.29) is 17.4 Å². The lowest BCUT2D eigenvalue weighted by Crippen LogP contribution is -2.20. The third-order valence-electron chi connectivity index (χ3n) is 4.43. The van der Waals surface area contributed by atoms with Crippen molar-refractivity contribution >= 4 is 17.3 Å². The Morgan fingerprint density at radius 1 is 1.29 bits per heavy atom. The van der Waals surface area contributed by atoms with Crippen molar-refractivity contribution in [1.82, 2.24) is 15.0 Å². The van der Waals surface area contributed by atoms with Crippen LogP contribution in [0.3, 0.4) is 0 Å². The van der Waals surface area contributed by atoms with Gasteiger partial charge in [-0.3, -0.25) is 0 Å². The molecule has 0 fully saturated rings. The van der Waals surface area contributed by atoms with E-state index in [4.69, 9.17) is 4.42 Å². The second-order valence-electron chi connectivity index (χ2n) is 7.33. The van der Waals surface area contributed by atoms with Gasteiger partial charge in [0.05, 0.1) is 11.8 Å². The van der Waals surface area contributed by atoms with Crippen LogP contribution >= 0.6 is 0 Å². The van der Waals surface area contributed by atoms with Crippen molar-refractivity contribution in [3.63, 3.8) is 0 Å². The maximum Gasteiger partial charge on any atom is 0.129 e. The Bertz CT molecular complexity index is 842. The normalized spacial score (nSPS) is 14.7. The molecule has 0 saturated heterocycles. The van der Waals surface area contributed by atoms with Crippen LogP contribution in [-0.4, -0.2) is 21.3 Å². The van der Waals surface area contributed by atoms with Crippen molar-refractivity contribution < 1.29 is 9.21 Å². The van der Waals surface area contributed by atoms with Gasteiger partial charge in [-0.25, -0.2) is 4.68 Å². The van der Waals surface area contributed by atoms with Gasteiger partial charge >= 0.3 is 0 Å². The molecule has 24 heavy (non-hydrogen) atoms. The van der Waals surface area contributed by atoms with Crippen molar-refractivity contribution in [3.8, 4) is 0 Å². The fraction of sp³-hybridized carbons (Fsp3) is 0.421. The predicted molar refractivity (Wildman–Crippen MR) is 92.9 cm³/mol. The number of furan rings is 1. The third-order valence-corrected chi connectivity index (χ3v) is 4.43. The van der Waals surface area contributed by atoms with Crippen LogP contribution in [-0.2, 0) is 10.2 Å². The highest BCUT2D eigenvalue weighted by Gasteiger charge is 2.28. The van der Waals surface area contributed by atoms with Crippen LogP contribution in [0.25, 0.3) is 11.0 Å². The maximum atomic E-state index is 11.1. The molecular formula is C19H23N3O2. The van der Waals surface area contributed by atoms with E-state index in [9.17, 15) is 4.79 Å². The molecule has 0 N–H and O–H groups in total. The SMILES string of the molecule is CC(CC=O)C(c1cc(C(C)(C)C)co1)n1nnc2ccccc21. The monoisotopic (exact) mass is 325 g/mol. The van der Waals surface area contributed by atoms with E-state index in [1.54, 1.807) is 6.26 Å². The lowest BCUT2D eigenvalue weighted by Gasteiger charge is -2.21. The summed E-state index contributed by atoms with van der Waals surface area (Å²) in [5.74, 6) is 0.858. The van der Waals surface area contributed by atoms with E-state index in [0.29, 0.717) is 6.42 Å². The van der Waals surface area contributed by atoms with E-state index >= 15 is 0 Å². The van der Waals surface area contributed by atoms with Gasteiger partial charge in [0.15, 0.2) is 0 Å². The summed E-state index contributed by atoms with van der Waals surface area (Å²) in [5, 5.41) is 8.58. The molecule has 0 spiro atoms. The molecule has 0 radical (unpaired) electrons. The Labute approximate surface area is 141 Å². The topological polar surface area (TPSA) is 60.9 Å². The number of carbonyl (C=O) groups is 1. The van der Waals surface area contributed by atoms with E-state index in [1.807, 2.05) is 35.9 Å². The number of hydrogen-bond acceptors (Lipinski definition) is 4. The van der Waals surface area contributed by atoms with Crippen LogP contribution in [0.15, 0.2) is 41.0 Å². The first-order valence-corrected chi connectivity index (χ1v) is 8.24. The molecule has 0 amide bonds. The fourth-order valence-electron chi connectivity index (χ4n) is 2.92. The first-order chi connectivity index (χ1) is 11.4. The molecule has 0 aliphatic heterocycles. The number of aldehydes is 1. The summed E-state index contributed by atoms with van der Waals surface area (Å²) in [5.41, 5.74) is 2.91. The number of nitrogens with zero attached hydrogens (tertiary/aromatic N) is 3. The molecule has 2 aromatic heterocycles. The lowest BCUT2D eigenvalue weighted by atomic mass is 9.88. The van der Waals surface area contributed by atoms with Crippen LogP contribution in [0.1, 0.15) is 51.5 Å². The number of hydrogen-bond donors (Lipinski definition) is 0. The van der Waals surface area contributed by atoms with Crippen molar-refractivity contribution in [2.75, 3.05) is 0 Å². The van der Waals surface area contributed by atoms with Gasteiger partial charge in [0, 0.05) is 6.42 Å². The second kappa shape index (κ2) is 6.23. The molecule has 126 valence electrons. The molecule has 5 heteroatoms. The van der Waals surface area contributed by atoms with Crippen molar-refractivity contribution in [1.29, 1.82) is 0 Å². The zero-order chi connectivity index (χ0) is 17.3. The summed E-state index contributed by atoms with van der Waals surface area (Å²) in [4.78, 5) is 11.1. The average molecular weight is 325 g/mol. The largest absolute Gasteiger partial charge is 0.467 e. The van der Waals surface area contributed by atoms with Gasteiger partial charge in [0.2, 0.25) is 0 Å². The van der Waals surface area contributed by atoms with E-state index in [2.05, 4.69) is 37.1 Å². The van der Waals surface area contributed by atoms with Crippen LogP contribution in [0, 0.1) is 5.92 Å². The fourth-order valence-corrected chi connectivity index (χ4v) is 2.92. The van der Waals surface area contributed by atoms with Gasteiger partial charge < -0.3 is 9.21 Å². The zero-order valence-corrected chi connectivity index (χ0v) is 14.6. The maximum absolute atomic E-state index is 11.1. The number of aromatic nitrogens is 3. The van der Waals surface area contributed by atoms with Gasteiger partial charge in [-0.15, -0.1) is 5.10 Å². The Morgan fingerprint density at radius 3 is 2.71 bits per heavy atom. The van der Waals surface area contributed by atoms with Crippen LogP contribution in [0.5, 0.6) is 0 Å². The van der Waals surface area contributed by atoms with Crippen LogP contribution in [0.4, 0.5) is 0 Å². The molecule has 0 bridgehead atoms. The van der Waals surface area contributed by atoms with Crippen molar-refractivity contribution in [2.24, 2.45) is 5.92 Å². The highest BCUT2D eigenvalue weighted by atomic mass is 16.3. The van der Waals surface area contributed by atoms with Gasteiger partial charge in [-0.1, -0.05) is 45.0 Å². The minimum atomic E-state index is -0.168. The van der Waals surface area contributed by atoms with Gasteiger partial charge in [0.25, 0.3) is 0 Å². The molecule has 3 aromatic rings. The smallest absolute Gasteiger partial charge is 0.129 e. The number of rotatable bonds is 5. The minimum absolute atomic E-state index is 0.00459. The minimum Gasteiger partial charge on any atom is -0.467 e. The number of fused-ring (bicyclic) bond motifs is 1. The molecular weight excluding hydrogens is 302 g/mol. The number of benzene rings is 1. The molecule has 0 aliphatic carbocycles. The van der Waals surface area contributed by atoms with Crippen LogP contribution in [0.2, 0.25) is 0 Å². The summed E-state index contributed by atoms with van der Waals surface area (Å²) in [6, 6.07) is 9.73. The standard InChI is InChI=1S/C19H23N3O2/c1-13(9-10-23)18(17-11-14(12-24-17)19(2,3)4)22-16-8-6-5-7-15(16)20-21-22/h5-8,10-13,18H,9H2,1-4H3. The summed E-state index contributed by atoms with van der Waals surface area (Å²) < 4.78 is 7.76. The average Bonchev–Trinajstić information content (AvgIpc) is 3.16. The Kier molecular flexibility index (Phi) is 4.26. The first-order valence-electron chi connectivity index (χ1n) is 8.24. The van der Waals surface area contributed by atoms with Crippen LogP contribution < -0.4 is 0 Å². The van der Waals surface area contributed by atoms with Gasteiger partial charge in [0.1, 0.15) is 23.6 Å². The second-order valence-corrected chi connectivity index (χ2v) is 7.33. The number of para-hydroxylation sites is 1. The molecule has 1 aromatic carbocycles. The highest BCUT2D eigenvalue weighted by Crippen LogP contribution is 2.34. The number of carbonyl (C=O) groups excluding carboxylic acids is 1. The molecule has 0 aliphatic rings. The Hall–Kier alpha value is -2.43. The van der Waals surface area contributed by atoms with E-state index in [0.717, 1.165) is 28.6 Å². The predicted octanol–water partition coefficient (Wildman–Crippen LogP) is 4.14. The van der Waals surface area contributed by atoms with Crippen molar-refractivity contribution in [3.05, 3.63) is 47.9 Å². The molecule has 2 unspecified atom stereocenters. The Morgan fingerprint density at radius 2 is 2.04 bits per heavy atom.